The molecule has 2 amide bonds. The molecule has 1 N–H and O–H groups in total. The van der Waals surface area contributed by atoms with E-state index in [2.05, 4.69) is 39.8 Å². The Kier molecular flexibility index (Phi) is 9.98. The first-order valence-corrected chi connectivity index (χ1v) is 16.9. The van der Waals surface area contributed by atoms with Gasteiger partial charge in [0.15, 0.2) is 22.5 Å². The number of benzene rings is 3. The van der Waals surface area contributed by atoms with Crippen LogP contribution < -0.4 is 14.8 Å². The van der Waals surface area contributed by atoms with Crippen LogP contribution in [0.15, 0.2) is 101 Å². The SMILES string of the molecule is COc1ccc(C(=O)NCc2nnc(SCC(=O)N3N=C(c4cccs4)C[C@@H]3c3ccc(C)cc3)n2Cc2ccccc2)cc1OC. The number of thioether (sulfide) groups is 1. The van der Waals surface area contributed by atoms with Crippen molar-refractivity contribution in [2.75, 3.05) is 20.0 Å². The van der Waals surface area contributed by atoms with Crippen LogP contribution >= 0.6 is 23.1 Å². The lowest BCUT2D eigenvalue weighted by Crippen LogP contribution is -2.28. The van der Waals surface area contributed by atoms with Crippen LogP contribution in [-0.2, 0) is 17.9 Å². The van der Waals surface area contributed by atoms with Crippen molar-refractivity contribution in [2.45, 2.75) is 37.6 Å². The van der Waals surface area contributed by atoms with Gasteiger partial charge in [0.1, 0.15) is 0 Å². The Labute approximate surface area is 281 Å². The molecule has 0 bridgehead atoms. The number of carbonyl (C=O) groups is 2. The van der Waals surface area contributed by atoms with Gasteiger partial charge in [0, 0.05) is 12.0 Å². The standard InChI is InChI=1S/C35H34N6O4S2/c1-23-11-13-25(14-12-23)28-19-27(31-10-7-17-46-31)39-41(28)33(42)22-47-35-38-37-32(40(35)21-24-8-5-4-6-9-24)20-36-34(43)26-15-16-29(44-2)30(18-26)45-3/h4-18,28H,19-22H2,1-3H3,(H,36,43)/t28-/m1/s1. The second-order valence-electron chi connectivity index (χ2n) is 10.9. The molecule has 12 heteroatoms. The maximum atomic E-state index is 13.8. The Morgan fingerprint density at radius 1 is 0.957 bits per heavy atom. The molecular formula is C35H34N6O4S2. The van der Waals surface area contributed by atoms with Crippen LogP contribution in [0, 0.1) is 6.92 Å². The smallest absolute Gasteiger partial charge is 0.253 e. The summed E-state index contributed by atoms with van der Waals surface area (Å²) >= 11 is 2.93. The Morgan fingerprint density at radius 2 is 1.74 bits per heavy atom. The topological polar surface area (TPSA) is 111 Å². The molecule has 3 aromatic carbocycles. The van der Waals surface area contributed by atoms with Crippen molar-refractivity contribution in [1.29, 1.82) is 0 Å². The van der Waals surface area contributed by atoms with Crippen LogP contribution in [0.5, 0.6) is 11.5 Å². The molecule has 0 saturated heterocycles. The number of aromatic nitrogens is 3. The molecule has 0 saturated carbocycles. The Hall–Kier alpha value is -4.94. The van der Waals surface area contributed by atoms with Crippen LogP contribution in [0.1, 0.15) is 50.2 Å². The summed E-state index contributed by atoms with van der Waals surface area (Å²) in [4.78, 5) is 27.9. The lowest BCUT2D eigenvalue weighted by Gasteiger charge is -2.22. The van der Waals surface area contributed by atoms with Gasteiger partial charge in [0.2, 0.25) is 0 Å². The fourth-order valence-corrected chi connectivity index (χ4v) is 6.82. The largest absolute Gasteiger partial charge is 0.493 e. The third-order valence-electron chi connectivity index (χ3n) is 7.79. The Balaban J connectivity index is 1.20. The maximum Gasteiger partial charge on any atom is 0.253 e. The summed E-state index contributed by atoms with van der Waals surface area (Å²) in [6.45, 7) is 2.66. The number of ether oxygens (including phenoxy) is 2. The van der Waals surface area contributed by atoms with E-state index in [1.165, 1.54) is 18.9 Å². The molecule has 6 rings (SSSR count). The highest BCUT2D eigenvalue weighted by Crippen LogP contribution is 2.35. The number of nitrogens with one attached hydrogen (secondary N) is 1. The highest BCUT2D eigenvalue weighted by atomic mass is 32.2. The second kappa shape index (κ2) is 14.7. The average molecular weight is 667 g/mol. The summed E-state index contributed by atoms with van der Waals surface area (Å²) in [7, 11) is 3.07. The van der Waals surface area contributed by atoms with Gasteiger partial charge in [-0.15, -0.1) is 21.5 Å². The minimum atomic E-state index is -0.291. The van der Waals surface area contributed by atoms with E-state index in [4.69, 9.17) is 14.6 Å². The predicted molar refractivity (Wildman–Crippen MR) is 183 cm³/mol. The van der Waals surface area contributed by atoms with Gasteiger partial charge in [-0.25, -0.2) is 5.01 Å². The predicted octanol–water partition coefficient (Wildman–Crippen LogP) is 6.11. The molecular weight excluding hydrogens is 633 g/mol. The molecule has 3 heterocycles. The monoisotopic (exact) mass is 666 g/mol. The van der Waals surface area contributed by atoms with E-state index in [1.807, 2.05) is 59.3 Å². The normalized spacial score (nSPS) is 14.1. The minimum Gasteiger partial charge on any atom is -0.493 e. The first-order valence-electron chi connectivity index (χ1n) is 15.0. The van der Waals surface area contributed by atoms with Gasteiger partial charge in [-0.05, 0) is 47.7 Å². The average Bonchev–Trinajstić information content (AvgIpc) is 3.87. The minimum absolute atomic E-state index is 0.120. The molecule has 1 atom stereocenters. The van der Waals surface area contributed by atoms with Gasteiger partial charge < -0.3 is 19.4 Å². The number of nitrogens with zero attached hydrogens (tertiary/aromatic N) is 5. The van der Waals surface area contributed by atoms with Crippen LogP contribution in [0.3, 0.4) is 0 Å². The fraction of sp³-hybridized carbons (Fsp3) is 0.229. The van der Waals surface area contributed by atoms with E-state index >= 15 is 0 Å². The van der Waals surface area contributed by atoms with Crippen molar-refractivity contribution in [3.63, 3.8) is 0 Å². The van der Waals surface area contributed by atoms with Crippen LogP contribution in [-0.4, -0.2) is 57.3 Å². The van der Waals surface area contributed by atoms with Gasteiger partial charge in [0.05, 0.1) is 49.7 Å². The van der Waals surface area contributed by atoms with E-state index < -0.39 is 0 Å². The number of amides is 2. The molecule has 2 aromatic heterocycles. The zero-order valence-electron chi connectivity index (χ0n) is 26.3. The van der Waals surface area contributed by atoms with Crippen molar-refractivity contribution >= 4 is 40.6 Å². The summed E-state index contributed by atoms with van der Waals surface area (Å²) in [6.07, 6.45) is 0.647. The molecule has 0 fully saturated rings. The first-order chi connectivity index (χ1) is 22.9. The van der Waals surface area contributed by atoms with E-state index in [1.54, 1.807) is 41.7 Å². The Bertz CT molecular complexity index is 1870. The first kappa shape index (κ1) is 32.0. The van der Waals surface area contributed by atoms with Crippen molar-refractivity contribution in [3.05, 3.63) is 123 Å². The molecule has 1 aliphatic heterocycles. The van der Waals surface area contributed by atoms with E-state index in [0.717, 1.165) is 27.3 Å². The van der Waals surface area contributed by atoms with Gasteiger partial charge in [-0.3, -0.25) is 9.59 Å². The zero-order valence-corrected chi connectivity index (χ0v) is 27.9. The van der Waals surface area contributed by atoms with Gasteiger partial charge in [0.25, 0.3) is 11.8 Å². The number of hydrogen-bond acceptors (Lipinski definition) is 9. The van der Waals surface area contributed by atoms with E-state index in [-0.39, 0.29) is 30.2 Å². The van der Waals surface area contributed by atoms with Gasteiger partial charge in [-0.2, -0.15) is 5.10 Å². The number of carbonyl (C=O) groups excluding carboxylic acids is 2. The van der Waals surface area contributed by atoms with E-state index in [0.29, 0.717) is 41.0 Å². The van der Waals surface area contributed by atoms with Gasteiger partial charge in [-0.1, -0.05) is 78.0 Å². The van der Waals surface area contributed by atoms with Crippen LogP contribution in [0.4, 0.5) is 0 Å². The molecule has 0 spiro atoms. The second-order valence-corrected chi connectivity index (χ2v) is 12.8. The van der Waals surface area contributed by atoms with Gasteiger partial charge >= 0.3 is 0 Å². The number of methoxy groups -OCH3 is 2. The summed E-state index contributed by atoms with van der Waals surface area (Å²) < 4.78 is 12.6. The summed E-state index contributed by atoms with van der Waals surface area (Å²) in [5, 5.41) is 20.8. The molecule has 240 valence electrons. The Morgan fingerprint density at radius 3 is 2.47 bits per heavy atom. The molecule has 0 radical (unpaired) electrons. The summed E-state index contributed by atoms with van der Waals surface area (Å²) in [5.41, 5.74) is 4.58. The summed E-state index contributed by atoms with van der Waals surface area (Å²) in [6, 6.07) is 27.0. The highest BCUT2D eigenvalue weighted by molar-refractivity contribution is 7.99. The van der Waals surface area contributed by atoms with Crippen molar-refractivity contribution < 1.29 is 19.1 Å². The number of thiophene rings is 1. The molecule has 0 aliphatic carbocycles. The molecule has 5 aromatic rings. The highest BCUT2D eigenvalue weighted by Gasteiger charge is 2.33. The maximum absolute atomic E-state index is 13.8. The zero-order chi connectivity index (χ0) is 32.8. The lowest BCUT2D eigenvalue weighted by molar-refractivity contribution is -0.130. The third-order valence-corrected chi connectivity index (χ3v) is 9.66. The van der Waals surface area contributed by atoms with Crippen molar-refractivity contribution in [1.82, 2.24) is 25.1 Å². The third kappa shape index (κ3) is 7.39. The number of aryl methyl sites for hydroxylation is 1. The quantitative estimate of drug-likeness (QED) is 0.160. The summed E-state index contributed by atoms with van der Waals surface area (Å²) in [5.74, 6) is 1.27. The van der Waals surface area contributed by atoms with Crippen LogP contribution in [0.25, 0.3) is 0 Å². The fourth-order valence-electron chi connectivity index (χ4n) is 5.29. The molecule has 47 heavy (non-hydrogen) atoms. The molecule has 1 aliphatic rings. The lowest BCUT2D eigenvalue weighted by atomic mass is 10.00. The number of rotatable bonds is 12. The van der Waals surface area contributed by atoms with Crippen LogP contribution in [0.2, 0.25) is 0 Å². The molecule has 0 unspecified atom stereocenters. The van der Waals surface area contributed by atoms with Crippen molar-refractivity contribution in [2.24, 2.45) is 5.10 Å². The van der Waals surface area contributed by atoms with E-state index in [9.17, 15) is 9.59 Å². The van der Waals surface area contributed by atoms with Crippen molar-refractivity contribution in [3.8, 4) is 11.5 Å². The number of hydrazone groups is 1. The number of hydrogen-bond donors (Lipinski definition) is 1. The molecule has 10 nitrogen and oxygen atoms in total.